The molecule has 9 nitrogen and oxygen atoms in total. The van der Waals surface area contributed by atoms with Gasteiger partial charge >= 0.3 is 0 Å². The quantitative estimate of drug-likeness (QED) is 0.192. The van der Waals surface area contributed by atoms with Gasteiger partial charge in [0.1, 0.15) is 12.6 Å². The van der Waals surface area contributed by atoms with Crippen LogP contribution in [0.5, 0.6) is 0 Å². The van der Waals surface area contributed by atoms with Gasteiger partial charge in [0.15, 0.2) is 0 Å². The highest BCUT2D eigenvalue weighted by Crippen LogP contribution is 2.37. The fraction of sp³-hybridized carbons (Fsp3) is 0.641. The van der Waals surface area contributed by atoms with E-state index < -0.39 is 24.2 Å². The lowest BCUT2D eigenvalue weighted by atomic mass is 9.82. The Balaban J connectivity index is 1.46. The third-order valence-electron chi connectivity index (χ3n) is 10.1. The molecule has 0 radical (unpaired) electrons. The molecule has 1 heterocycles. The number of hydrogen-bond acceptors (Lipinski definition) is 6. The summed E-state index contributed by atoms with van der Waals surface area (Å²) in [6, 6.07) is 12.9. The highest BCUT2D eigenvalue weighted by Gasteiger charge is 2.36. The number of rotatable bonds is 19. The summed E-state index contributed by atoms with van der Waals surface area (Å²) in [6.45, 7) is 4.71. The van der Waals surface area contributed by atoms with Crippen molar-refractivity contribution in [1.82, 2.24) is 20.1 Å². The van der Waals surface area contributed by atoms with Crippen molar-refractivity contribution in [2.24, 2.45) is 23.7 Å². The number of carbonyl (C=O) groups is 3. The average molecular weight is 663 g/mol. The molecule has 0 aliphatic heterocycles. The Morgan fingerprint density at radius 1 is 0.875 bits per heavy atom. The molecule has 48 heavy (non-hydrogen) atoms. The highest BCUT2D eigenvalue weighted by molar-refractivity contribution is 5.88. The minimum atomic E-state index is -1.08. The van der Waals surface area contributed by atoms with E-state index in [1.54, 1.807) is 29.2 Å². The van der Waals surface area contributed by atoms with Gasteiger partial charge in [0.05, 0.1) is 12.1 Å². The standard InChI is InChI=1S/C39H58N4O5/c1-28(2)22-35(44)38(47)34(24-30-10-6-4-7-11-30)41-39(48)33(23-31-14-15-31)25-36(45)43(26-32-12-8-5-9-13-32)27-37(46)42(3)21-18-29-16-19-40-20-17-29/h5,8-9,12-13,16-17,19-20,28,30-31,33-35,38,44,47H,4,6-7,10-11,14-15,18,21-27H2,1-3H3,(H,41,48)/t33-,34+,35+,38-/m1/s1. The van der Waals surface area contributed by atoms with Crippen LogP contribution in [-0.2, 0) is 27.3 Å². The summed E-state index contributed by atoms with van der Waals surface area (Å²) in [5.74, 6) is -0.236. The summed E-state index contributed by atoms with van der Waals surface area (Å²) in [5.41, 5.74) is 2.00. The van der Waals surface area contributed by atoms with Crippen molar-refractivity contribution in [1.29, 1.82) is 0 Å². The molecule has 4 rings (SSSR count). The fourth-order valence-electron chi connectivity index (χ4n) is 6.93. The van der Waals surface area contributed by atoms with Gasteiger partial charge in [-0.05, 0) is 66.7 Å². The van der Waals surface area contributed by atoms with Crippen LogP contribution in [-0.4, -0.2) is 81.1 Å². The molecule has 2 aliphatic rings. The van der Waals surface area contributed by atoms with Crippen molar-refractivity contribution in [2.45, 2.75) is 116 Å². The molecule has 3 N–H and O–H groups in total. The van der Waals surface area contributed by atoms with E-state index in [2.05, 4.69) is 10.3 Å². The number of nitrogens with one attached hydrogen (secondary N) is 1. The van der Waals surface area contributed by atoms with Crippen molar-refractivity contribution in [3.05, 3.63) is 66.0 Å². The second-order valence-electron chi connectivity index (χ2n) is 14.8. The minimum Gasteiger partial charge on any atom is -0.390 e. The number of benzene rings is 1. The van der Waals surface area contributed by atoms with E-state index in [0.717, 1.165) is 49.7 Å². The Kier molecular flexibility index (Phi) is 14.9. The molecule has 264 valence electrons. The van der Waals surface area contributed by atoms with Gasteiger partial charge in [0.2, 0.25) is 17.7 Å². The summed E-state index contributed by atoms with van der Waals surface area (Å²) in [5, 5.41) is 25.3. The largest absolute Gasteiger partial charge is 0.390 e. The van der Waals surface area contributed by atoms with Gasteiger partial charge < -0.3 is 25.3 Å². The van der Waals surface area contributed by atoms with Gasteiger partial charge in [-0.3, -0.25) is 19.4 Å². The predicted molar refractivity (Wildman–Crippen MR) is 187 cm³/mol. The molecule has 0 unspecified atom stereocenters. The Labute approximate surface area is 287 Å². The highest BCUT2D eigenvalue weighted by atomic mass is 16.3. The number of carbonyl (C=O) groups excluding carboxylic acids is 3. The Bertz CT molecular complexity index is 1270. The van der Waals surface area contributed by atoms with E-state index in [9.17, 15) is 24.6 Å². The van der Waals surface area contributed by atoms with Gasteiger partial charge in [-0.25, -0.2) is 0 Å². The van der Waals surface area contributed by atoms with Crippen LogP contribution in [0.15, 0.2) is 54.9 Å². The number of pyridine rings is 1. The molecule has 2 aliphatic carbocycles. The molecule has 4 atom stereocenters. The summed E-state index contributed by atoms with van der Waals surface area (Å²) >= 11 is 0. The average Bonchev–Trinajstić information content (AvgIpc) is 3.91. The minimum absolute atomic E-state index is 0.00995. The normalized spacial score (nSPS) is 17.7. The zero-order chi connectivity index (χ0) is 34.5. The molecule has 9 heteroatoms. The second kappa shape index (κ2) is 19.0. The monoisotopic (exact) mass is 662 g/mol. The first-order valence-corrected chi connectivity index (χ1v) is 18.2. The van der Waals surface area contributed by atoms with Gasteiger partial charge in [-0.1, -0.05) is 89.1 Å². The first kappa shape index (κ1) is 37.5. The van der Waals surface area contributed by atoms with E-state index in [0.29, 0.717) is 44.1 Å². The van der Waals surface area contributed by atoms with E-state index in [4.69, 9.17) is 0 Å². The van der Waals surface area contributed by atoms with Crippen molar-refractivity contribution in [3.63, 3.8) is 0 Å². The Morgan fingerprint density at radius 2 is 1.54 bits per heavy atom. The Morgan fingerprint density at radius 3 is 2.19 bits per heavy atom. The maximum Gasteiger partial charge on any atom is 0.241 e. The first-order valence-electron chi connectivity index (χ1n) is 18.2. The van der Waals surface area contributed by atoms with Gasteiger partial charge in [0, 0.05) is 44.9 Å². The molecular formula is C39H58N4O5. The number of likely N-dealkylation sites (N-methyl/N-ethyl adjacent to an activating group) is 1. The van der Waals surface area contributed by atoms with Crippen LogP contribution in [0.4, 0.5) is 0 Å². The number of aliphatic hydroxyl groups excluding tert-OH is 2. The van der Waals surface area contributed by atoms with E-state index in [-0.39, 0.29) is 43.1 Å². The number of hydrogen-bond donors (Lipinski definition) is 3. The molecule has 3 amide bonds. The lowest BCUT2D eigenvalue weighted by molar-refractivity contribution is -0.142. The molecule has 2 aromatic rings. The third-order valence-corrected chi connectivity index (χ3v) is 10.1. The smallest absolute Gasteiger partial charge is 0.241 e. The zero-order valence-electron chi connectivity index (χ0n) is 29.3. The second-order valence-corrected chi connectivity index (χ2v) is 14.8. The lowest BCUT2D eigenvalue weighted by Crippen LogP contribution is -2.52. The molecule has 0 bridgehead atoms. The van der Waals surface area contributed by atoms with Crippen LogP contribution in [0.3, 0.4) is 0 Å². The Hall–Kier alpha value is -3.30. The van der Waals surface area contributed by atoms with Crippen molar-refractivity contribution in [2.75, 3.05) is 20.1 Å². The molecule has 0 saturated heterocycles. The molecule has 2 fully saturated rings. The molecule has 1 aromatic heterocycles. The number of amides is 3. The summed E-state index contributed by atoms with van der Waals surface area (Å²) < 4.78 is 0. The first-order chi connectivity index (χ1) is 23.1. The fourth-order valence-corrected chi connectivity index (χ4v) is 6.93. The molecule has 2 saturated carbocycles. The van der Waals surface area contributed by atoms with Crippen LogP contribution >= 0.6 is 0 Å². The van der Waals surface area contributed by atoms with Crippen LogP contribution < -0.4 is 5.32 Å². The zero-order valence-corrected chi connectivity index (χ0v) is 29.3. The van der Waals surface area contributed by atoms with Crippen molar-refractivity contribution < 1.29 is 24.6 Å². The molecular weight excluding hydrogens is 604 g/mol. The summed E-state index contributed by atoms with van der Waals surface area (Å²) in [4.78, 5) is 48.8. The van der Waals surface area contributed by atoms with Gasteiger partial charge in [-0.15, -0.1) is 0 Å². The summed E-state index contributed by atoms with van der Waals surface area (Å²) in [6.07, 6.45) is 11.5. The summed E-state index contributed by atoms with van der Waals surface area (Å²) in [7, 11) is 1.75. The maximum atomic E-state index is 14.0. The maximum absolute atomic E-state index is 14.0. The van der Waals surface area contributed by atoms with E-state index in [1.807, 2.05) is 56.3 Å². The lowest BCUT2D eigenvalue weighted by Gasteiger charge is -2.34. The van der Waals surface area contributed by atoms with Gasteiger partial charge in [0.25, 0.3) is 0 Å². The van der Waals surface area contributed by atoms with Gasteiger partial charge in [-0.2, -0.15) is 0 Å². The van der Waals surface area contributed by atoms with Crippen LogP contribution in [0, 0.1) is 23.7 Å². The third kappa shape index (κ3) is 12.6. The number of aromatic nitrogens is 1. The molecule has 1 aromatic carbocycles. The topological polar surface area (TPSA) is 123 Å². The predicted octanol–water partition coefficient (Wildman–Crippen LogP) is 5.14. The van der Waals surface area contributed by atoms with Crippen molar-refractivity contribution >= 4 is 17.7 Å². The van der Waals surface area contributed by atoms with Crippen LogP contribution in [0.25, 0.3) is 0 Å². The SMILES string of the molecule is CC(C)C[C@H](O)[C@H](O)[C@H](CC1CCCCC1)NC(=O)[C@@H](CC(=O)N(CC(=O)N(C)CCc1ccncc1)Cc1ccccc1)CC1CC1. The van der Waals surface area contributed by atoms with Crippen molar-refractivity contribution in [3.8, 4) is 0 Å². The van der Waals surface area contributed by atoms with Crippen LogP contribution in [0.2, 0.25) is 0 Å². The molecule has 0 spiro atoms. The van der Waals surface area contributed by atoms with E-state index >= 15 is 0 Å². The number of nitrogens with zero attached hydrogens (tertiary/aromatic N) is 3. The number of aliphatic hydroxyl groups is 2. The van der Waals surface area contributed by atoms with Crippen LogP contribution in [0.1, 0.15) is 95.6 Å². The van der Waals surface area contributed by atoms with E-state index in [1.165, 1.54) is 6.42 Å².